The minimum Gasteiger partial charge on any atom is -0.332 e. The first-order valence-corrected chi connectivity index (χ1v) is 8.81. The quantitative estimate of drug-likeness (QED) is 0.760. The van der Waals surface area contributed by atoms with Gasteiger partial charge in [0.25, 0.3) is 5.91 Å². The molecule has 1 atom stereocenters. The second kappa shape index (κ2) is 8.48. The van der Waals surface area contributed by atoms with E-state index >= 15 is 0 Å². The summed E-state index contributed by atoms with van der Waals surface area (Å²) < 4.78 is 1.06. The number of quaternary nitrogens is 1. The molecule has 0 unspecified atom stereocenters. The first-order valence-electron chi connectivity index (χ1n) is 7.64. The molecule has 122 valence electrons. The summed E-state index contributed by atoms with van der Waals surface area (Å²) in [6, 6.07) is 14.0. The van der Waals surface area contributed by atoms with Crippen molar-refractivity contribution in [1.29, 1.82) is 0 Å². The number of benzene rings is 2. The van der Waals surface area contributed by atoms with Crippen LogP contribution in [0.1, 0.15) is 30.5 Å². The molecule has 0 saturated heterocycles. The number of nitrogens with one attached hydrogen (secondary N) is 1. The zero-order chi connectivity index (χ0) is 16.8. The largest absolute Gasteiger partial charge is 0.332 e. The molecule has 3 N–H and O–H groups in total. The smallest absolute Gasteiger partial charge is 0.279 e. The van der Waals surface area contributed by atoms with Gasteiger partial charge in [0, 0.05) is 27.2 Å². The molecule has 0 bridgehead atoms. The lowest BCUT2D eigenvalue weighted by Crippen LogP contribution is -2.87. The molecule has 0 radical (unpaired) electrons. The second-order valence-electron chi connectivity index (χ2n) is 5.51. The molecule has 0 saturated carbocycles. The fraction of sp³-hybridized carbons (Fsp3) is 0.278. The van der Waals surface area contributed by atoms with Crippen LogP contribution in [-0.2, 0) is 4.79 Å². The molecule has 0 fully saturated rings. The van der Waals surface area contributed by atoms with Gasteiger partial charge in [0.05, 0.1) is 0 Å². The number of anilines is 1. The summed E-state index contributed by atoms with van der Waals surface area (Å²) in [5.74, 6) is -0.0223. The Balaban J connectivity index is 1.94. The highest BCUT2D eigenvalue weighted by Gasteiger charge is 2.15. The van der Waals surface area contributed by atoms with Gasteiger partial charge in [-0.25, -0.2) is 0 Å². The normalized spacial score (nSPS) is 12.0. The number of nitrogens with two attached hydrogens (primary N) is 1. The fourth-order valence-electron chi connectivity index (χ4n) is 2.43. The zero-order valence-corrected chi connectivity index (χ0v) is 15.6. The SMILES string of the molecule is CC[C@@H]([NH2+]CC(=O)Nc1cc(Cl)ccc1C)c1ccc(Br)cc1. The van der Waals surface area contributed by atoms with Crippen LogP contribution in [0.3, 0.4) is 0 Å². The summed E-state index contributed by atoms with van der Waals surface area (Å²) in [5.41, 5.74) is 3.00. The Kier molecular flexibility index (Phi) is 6.63. The molecular formula is C18H21BrClN2O+. The van der Waals surface area contributed by atoms with Crippen molar-refractivity contribution in [3.63, 3.8) is 0 Å². The van der Waals surface area contributed by atoms with Crippen molar-refractivity contribution >= 4 is 39.1 Å². The van der Waals surface area contributed by atoms with Crippen molar-refractivity contribution in [2.75, 3.05) is 11.9 Å². The number of carbonyl (C=O) groups excluding carboxylic acids is 1. The minimum absolute atomic E-state index is 0.0223. The average Bonchev–Trinajstić information content (AvgIpc) is 2.53. The van der Waals surface area contributed by atoms with Crippen molar-refractivity contribution in [1.82, 2.24) is 0 Å². The van der Waals surface area contributed by atoms with Crippen LogP contribution in [0.15, 0.2) is 46.9 Å². The predicted octanol–water partition coefficient (Wildman–Crippen LogP) is 4.06. The van der Waals surface area contributed by atoms with Crippen LogP contribution in [0.2, 0.25) is 5.02 Å². The molecule has 2 aromatic rings. The van der Waals surface area contributed by atoms with E-state index in [0.717, 1.165) is 22.1 Å². The highest BCUT2D eigenvalue weighted by molar-refractivity contribution is 9.10. The summed E-state index contributed by atoms with van der Waals surface area (Å²) >= 11 is 9.42. The van der Waals surface area contributed by atoms with Gasteiger partial charge in [-0.2, -0.15) is 0 Å². The van der Waals surface area contributed by atoms with Gasteiger partial charge in [0.2, 0.25) is 0 Å². The van der Waals surface area contributed by atoms with Crippen molar-refractivity contribution in [2.45, 2.75) is 26.3 Å². The van der Waals surface area contributed by atoms with Crippen LogP contribution in [0, 0.1) is 6.92 Å². The van der Waals surface area contributed by atoms with Crippen LogP contribution in [0.4, 0.5) is 5.69 Å². The molecule has 3 nitrogen and oxygen atoms in total. The summed E-state index contributed by atoms with van der Waals surface area (Å²) in [6.07, 6.45) is 0.963. The summed E-state index contributed by atoms with van der Waals surface area (Å²) in [4.78, 5) is 12.2. The molecule has 23 heavy (non-hydrogen) atoms. The van der Waals surface area contributed by atoms with Crippen LogP contribution in [0.25, 0.3) is 0 Å². The lowest BCUT2D eigenvalue weighted by Gasteiger charge is -2.15. The van der Waals surface area contributed by atoms with Gasteiger partial charge < -0.3 is 10.6 Å². The van der Waals surface area contributed by atoms with Gasteiger partial charge >= 0.3 is 0 Å². The highest BCUT2D eigenvalue weighted by atomic mass is 79.9. The topological polar surface area (TPSA) is 45.7 Å². The van der Waals surface area contributed by atoms with E-state index in [9.17, 15) is 4.79 Å². The van der Waals surface area contributed by atoms with Gasteiger partial charge in [-0.3, -0.25) is 4.79 Å². The van der Waals surface area contributed by atoms with E-state index in [2.05, 4.69) is 45.6 Å². The Hall–Kier alpha value is -1.36. The van der Waals surface area contributed by atoms with Crippen LogP contribution in [0.5, 0.6) is 0 Å². The third-order valence-electron chi connectivity index (χ3n) is 3.80. The number of halogens is 2. The fourth-order valence-corrected chi connectivity index (χ4v) is 2.86. The Morgan fingerprint density at radius 3 is 2.61 bits per heavy atom. The molecule has 0 aliphatic heterocycles. The van der Waals surface area contributed by atoms with E-state index < -0.39 is 0 Å². The van der Waals surface area contributed by atoms with E-state index in [0.29, 0.717) is 11.6 Å². The molecular weight excluding hydrogens is 376 g/mol. The molecule has 1 amide bonds. The lowest BCUT2D eigenvalue weighted by atomic mass is 10.0. The predicted molar refractivity (Wildman–Crippen MR) is 98.8 cm³/mol. The van der Waals surface area contributed by atoms with Gasteiger partial charge in [-0.05, 0) is 36.8 Å². The number of aryl methyl sites for hydroxylation is 1. The first-order chi connectivity index (χ1) is 11.0. The molecule has 2 rings (SSSR count). The number of carbonyl (C=O) groups is 1. The van der Waals surface area contributed by atoms with Crippen LogP contribution in [-0.4, -0.2) is 12.5 Å². The second-order valence-corrected chi connectivity index (χ2v) is 6.87. The van der Waals surface area contributed by atoms with Crippen LogP contribution >= 0.6 is 27.5 Å². The third kappa shape index (κ3) is 5.34. The van der Waals surface area contributed by atoms with Crippen molar-refractivity contribution in [3.8, 4) is 0 Å². The van der Waals surface area contributed by atoms with E-state index in [4.69, 9.17) is 11.6 Å². The van der Waals surface area contributed by atoms with Crippen molar-refractivity contribution in [3.05, 3.63) is 63.1 Å². The van der Waals surface area contributed by atoms with E-state index in [1.807, 2.05) is 31.2 Å². The number of hydrogen-bond acceptors (Lipinski definition) is 1. The number of rotatable bonds is 6. The molecule has 0 spiro atoms. The maximum absolute atomic E-state index is 12.2. The molecule has 0 aliphatic carbocycles. The van der Waals surface area contributed by atoms with Crippen LogP contribution < -0.4 is 10.6 Å². The average molecular weight is 397 g/mol. The number of hydrogen-bond donors (Lipinski definition) is 2. The maximum atomic E-state index is 12.2. The van der Waals surface area contributed by atoms with Gasteiger partial charge in [0.1, 0.15) is 6.04 Å². The molecule has 0 aliphatic rings. The molecule has 5 heteroatoms. The summed E-state index contributed by atoms with van der Waals surface area (Å²) in [5, 5.41) is 5.62. The van der Waals surface area contributed by atoms with Crippen molar-refractivity contribution < 1.29 is 10.1 Å². The lowest BCUT2D eigenvalue weighted by molar-refractivity contribution is -0.686. The standard InChI is InChI=1S/C18H20BrClN2O/c1-3-16(13-5-7-14(19)8-6-13)21-11-18(23)22-17-10-15(20)9-4-12(17)2/h4-10,16,21H,3,11H2,1-2H3,(H,22,23)/p+1/t16-/m1/s1. The Labute approximate surface area is 150 Å². The number of amides is 1. The molecule has 0 heterocycles. The Bertz CT molecular complexity index is 673. The highest BCUT2D eigenvalue weighted by Crippen LogP contribution is 2.20. The molecule has 0 aromatic heterocycles. The zero-order valence-electron chi connectivity index (χ0n) is 13.3. The van der Waals surface area contributed by atoms with E-state index in [1.165, 1.54) is 5.56 Å². The van der Waals surface area contributed by atoms with Gasteiger partial charge in [0.15, 0.2) is 6.54 Å². The third-order valence-corrected chi connectivity index (χ3v) is 4.56. The van der Waals surface area contributed by atoms with Gasteiger partial charge in [-0.1, -0.05) is 52.7 Å². The first kappa shape index (κ1) is 18.0. The summed E-state index contributed by atoms with van der Waals surface area (Å²) in [6.45, 7) is 4.45. The minimum atomic E-state index is -0.0223. The van der Waals surface area contributed by atoms with E-state index in [-0.39, 0.29) is 11.9 Å². The summed E-state index contributed by atoms with van der Waals surface area (Å²) in [7, 11) is 0. The van der Waals surface area contributed by atoms with E-state index in [1.54, 1.807) is 6.07 Å². The van der Waals surface area contributed by atoms with Gasteiger partial charge in [-0.15, -0.1) is 0 Å². The molecule has 2 aromatic carbocycles. The Morgan fingerprint density at radius 1 is 1.26 bits per heavy atom. The van der Waals surface area contributed by atoms with Crippen molar-refractivity contribution in [2.24, 2.45) is 0 Å². The monoisotopic (exact) mass is 395 g/mol. The maximum Gasteiger partial charge on any atom is 0.279 e. The Morgan fingerprint density at radius 2 is 1.96 bits per heavy atom.